The Labute approximate surface area is 184 Å². The maximum Gasteiger partial charge on any atom is 0.124 e. The second-order valence-corrected chi connectivity index (χ2v) is 9.43. The maximum absolute atomic E-state index is 4.90. The zero-order valence-electron chi connectivity index (χ0n) is 19.2. The number of likely N-dealkylation sites (tertiary alicyclic amines) is 1. The first-order chi connectivity index (χ1) is 15.0. The van der Waals surface area contributed by atoms with Crippen LogP contribution in [0, 0.1) is 0 Å². The Morgan fingerprint density at radius 2 is 2.10 bits per heavy atom. The number of nitrogens with zero attached hydrogens (tertiary/aromatic N) is 4. The van der Waals surface area contributed by atoms with Gasteiger partial charge in [-0.15, -0.1) is 0 Å². The lowest BCUT2D eigenvalue weighted by atomic mass is 9.81. The van der Waals surface area contributed by atoms with E-state index in [4.69, 9.17) is 9.97 Å². The smallest absolute Gasteiger partial charge is 0.124 e. The van der Waals surface area contributed by atoms with Crippen LogP contribution in [0.4, 0.5) is 0 Å². The topological polar surface area (TPSA) is 63.8 Å². The summed E-state index contributed by atoms with van der Waals surface area (Å²) in [6, 6.07) is 7.13. The van der Waals surface area contributed by atoms with Crippen molar-refractivity contribution >= 4 is 17.1 Å². The summed E-state index contributed by atoms with van der Waals surface area (Å²) in [6.07, 6.45) is 8.09. The Bertz CT molecular complexity index is 1090. The van der Waals surface area contributed by atoms with Crippen LogP contribution in [0.1, 0.15) is 79.6 Å². The van der Waals surface area contributed by atoms with Gasteiger partial charge in [0.25, 0.3) is 0 Å². The van der Waals surface area contributed by atoms with Crippen LogP contribution in [0.3, 0.4) is 0 Å². The highest BCUT2D eigenvalue weighted by atomic mass is 15.2. The molecule has 1 saturated heterocycles. The molecule has 2 N–H and O–H groups in total. The average Bonchev–Trinajstić information content (AvgIpc) is 3.45. The lowest BCUT2D eigenvalue weighted by Gasteiger charge is -2.24. The van der Waals surface area contributed by atoms with Gasteiger partial charge >= 0.3 is 0 Å². The van der Waals surface area contributed by atoms with E-state index in [-0.39, 0.29) is 0 Å². The van der Waals surface area contributed by atoms with Gasteiger partial charge in [0.2, 0.25) is 0 Å². The third-order valence-corrected chi connectivity index (χ3v) is 7.04. The zero-order valence-corrected chi connectivity index (χ0v) is 19.2. The summed E-state index contributed by atoms with van der Waals surface area (Å²) in [6.45, 7) is 7.62. The zero-order chi connectivity index (χ0) is 21.5. The normalized spacial score (nSPS) is 23.8. The molecule has 3 unspecified atom stereocenters. The quantitative estimate of drug-likeness (QED) is 0.603. The molecule has 0 radical (unpaired) electrons. The van der Waals surface area contributed by atoms with E-state index in [0.717, 1.165) is 54.4 Å². The Morgan fingerprint density at radius 3 is 2.87 bits per heavy atom. The van der Waals surface area contributed by atoms with Crippen molar-refractivity contribution in [2.45, 2.75) is 57.5 Å². The van der Waals surface area contributed by atoms with Gasteiger partial charge in [-0.1, -0.05) is 26.0 Å². The summed E-state index contributed by atoms with van der Waals surface area (Å²) in [5.74, 6) is 2.86. The van der Waals surface area contributed by atoms with Gasteiger partial charge in [0.1, 0.15) is 11.6 Å². The molecule has 6 heteroatoms. The number of nitrogens with one attached hydrogen (secondary N) is 2. The number of imidazole rings is 2. The van der Waals surface area contributed by atoms with E-state index < -0.39 is 0 Å². The highest BCUT2D eigenvalue weighted by Gasteiger charge is 2.28. The number of allylic oxidation sites excluding steroid dienone is 1. The Morgan fingerprint density at radius 1 is 1.23 bits per heavy atom. The standard InChI is InChI=1S/C25H34N6/c1-5-12-30(3)15-23-26-20-11-9-18(16(2)24(20)29-23)17-8-10-19-21(14-17)28-25(27-19)22-7-6-13-31(22)4/h8-11,14,16,18,22H,5-7,12-13,15H2,1-4H3,(H,26,29)(H,27,28). The van der Waals surface area contributed by atoms with E-state index >= 15 is 0 Å². The van der Waals surface area contributed by atoms with Crippen LogP contribution in [0.25, 0.3) is 17.1 Å². The maximum atomic E-state index is 4.90. The van der Waals surface area contributed by atoms with Gasteiger partial charge in [0.05, 0.1) is 29.3 Å². The Hall–Kier alpha value is -2.44. The van der Waals surface area contributed by atoms with E-state index in [2.05, 4.69) is 78.1 Å². The number of aromatic nitrogens is 4. The second-order valence-electron chi connectivity index (χ2n) is 9.43. The van der Waals surface area contributed by atoms with Gasteiger partial charge in [-0.3, -0.25) is 9.80 Å². The van der Waals surface area contributed by atoms with E-state index in [0.29, 0.717) is 17.9 Å². The molecule has 164 valence electrons. The third kappa shape index (κ3) is 3.83. The van der Waals surface area contributed by atoms with Gasteiger partial charge in [-0.2, -0.15) is 0 Å². The number of fused-ring (bicyclic) bond motifs is 2. The fourth-order valence-electron chi connectivity index (χ4n) is 5.33. The average molecular weight is 419 g/mol. The number of hydrogen-bond donors (Lipinski definition) is 2. The van der Waals surface area contributed by atoms with Crippen molar-refractivity contribution in [3.63, 3.8) is 0 Å². The summed E-state index contributed by atoms with van der Waals surface area (Å²) >= 11 is 0. The van der Waals surface area contributed by atoms with E-state index in [1.54, 1.807) is 0 Å². The van der Waals surface area contributed by atoms with Crippen molar-refractivity contribution < 1.29 is 0 Å². The number of hydrogen-bond acceptors (Lipinski definition) is 4. The van der Waals surface area contributed by atoms with Crippen LogP contribution in [0.15, 0.2) is 24.3 Å². The first-order valence-corrected chi connectivity index (χ1v) is 11.7. The Kier molecular flexibility index (Phi) is 5.44. The predicted molar refractivity (Wildman–Crippen MR) is 126 cm³/mol. The lowest BCUT2D eigenvalue weighted by molar-refractivity contribution is 0.307. The third-order valence-electron chi connectivity index (χ3n) is 7.04. The van der Waals surface area contributed by atoms with Crippen molar-refractivity contribution in [2.24, 2.45) is 0 Å². The minimum Gasteiger partial charge on any atom is -0.344 e. The fraction of sp³-hybridized carbons (Fsp3) is 0.520. The molecule has 1 aliphatic heterocycles. The number of H-pyrrole nitrogens is 2. The summed E-state index contributed by atoms with van der Waals surface area (Å²) < 4.78 is 0. The molecular formula is C25H34N6. The minimum absolute atomic E-state index is 0.333. The molecular weight excluding hydrogens is 384 g/mol. The van der Waals surface area contributed by atoms with Crippen LogP contribution in [0.5, 0.6) is 0 Å². The molecule has 5 rings (SSSR count). The number of rotatable bonds is 6. The molecule has 0 spiro atoms. The van der Waals surface area contributed by atoms with Gasteiger partial charge in [-0.05, 0) is 70.2 Å². The highest BCUT2D eigenvalue weighted by Crippen LogP contribution is 2.40. The second kappa shape index (κ2) is 8.24. The number of aromatic amines is 2. The highest BCUT2D eigenvalue weighted by molar-refractivity contribution is 5.76. The van der Waals surface area contributed by atoms with Crippen LogP contribution in [-0.2, 0) is 6.54 Å². The molecule has 31 heavy (non-hydrogen) atoms. The summed E-state index contributed by atoms with van der Waals surface area (Å²) in [4.78, 5) is 21.7. The fourth-order valence-corrected chi connectivity index (χ4v) is 5.33. The van der Waals surface area contributed by atoms with Gasteiger partial charge < -0.3 is 9.97 Å². The van der Waals surface area contributed by atoms with Crippen molar-refractivity contribution in [3.8, 4) is 0 Å². The summed E-state index contributed by atoms with van der Waals surface area (Å²) in [7, 11) is 4.35. The SMILES string of the molecule is CCCN(C)Cc1nc2c([nH]1)C(C)C(c1ccc3nc(C4CCCN4C)[nH]c3c1)C=C2. The van der Waals surface area contributed by atoms with Crippen molar-refractivity contribution in [3.05, 3.63) is 52.9 Å². The molecule has 3 atom stereocenters. The molecule has 2 aliphatic rings. The largest absolute Gasteiger partial charge is 0.344 e. The predicted octanol–water partition coefficient (Wildman–Crippen LogP) is 4.81. The number of benzene rings is 1. The molecule has 0 bridgehead atoms. The monoisotopic (exact) mass is 418 g/mol. The molecule has 6 nitrogen and oxygen atoms in total. The molecule has 2 aromatic heterocycles. The minimum atomic E-state index is 0.333. The molecule has 3 heterocycles. The lowest BCUT2D eigenvalue weighted by Crippen LogP contribution is -2.19. The van der Waals surface area contributed by atoms with Gasteiger partial charge in [0, 0.05) is 17.5 Å². The van der Waals surface area contributed by atoms with Gasteiger partial charge in [-0.25, -0.2) is 9.97 Å². The molecule has 0 amide bonds. The summed E-state index contributed by atoms with van der Waals surface area (Å²) in [5, 5.41) is 0. The molecule has 3 aromatic rings. The van der Waals surface area contributed by atoms with Crippen molar-refractivity contribution in [1.29, 1.82) is 0 Å². The van der Waals surface area contributed by atoms with E-state index in [1.807, 2.05) is 0 Å². The Balaban J connectivity index is 1.39. The van der Waals surface area contributed by atoms with E-state index in [1.165, 1.54) is 24.1 Å². The van der Waals surface area contributed by atoms with Crippen LogP contribution < -0.4 is 0 Å². The molecule has 0 saturated carbocycles. The van der Waals surface area contributed by atoms with E-state index in [9.17, 15) is 0 Å². The van der Waals surface area contributed by atoms with Gasteiger partial charge in [0.15, 0.2) is 0 Å². The molecule has 1 fully saturated rings. The van der Waals surface area contributed by atoms with Crippen LogP contribution in [0.2, 0.25) is 0 Å². The van der Waals surface area contributed by atoms with Crippen molar-refractivity contribution in [1.82, 2.24) is 29.7 Å². The first-order valence-electron chi connectivity index (χ1n) is 11.7. The molecule has 1 aromatic carbocycles. The molecule has 1 aliphatic carbocycles. The van der Waals surface area contributed by atoms with Crippen LogP contribution >= 0.6 is 0 Å². The van der Waals surface area contributed by atoms with Crippen molar-refractivity contribution in [2.75, 3.05) is 27.2 Å². The summed E-state index contributed by atoms with van der Waals surface area (Å²) in [5.41, 5.74) is 5.89. The van der Waals surface area contributed by atoms with Crippen LogP contribution in [-0.4, -0.2) is 56.9 Å². The first kappa shape index (κ1) is 20.5.